The number of fused-ring (bicyclic) bond motifs is 3. The zero-order chi connectivity index (χ0) is 16.3. The van der Waals surface area contributed by atoms with Gasteiger partial charge in [-0.1, -0.05) is 20.8 Å². The summed E-state index contributed by atoms with van der Waals surface area (Å²) < 4.78 is 6.56. The van der Waals surface area contributed by atoms with Crippen LogP contribution in [0.3, 0.4) is 0 Å². The number of carbonyl (C=O) groups excluding carboxylic acids is 2. The van der Waals surface area contributed by atoms with Crippen molar-refractivity contribution in [3.05, 3.63) is 17.0 Å². The zero-order valence-corrected chi connectivity index (χ0v) is 14.0. The van der Waals surface area contributed by atoms with Crippen molar-refractivity contribution in [3.8, 4) is 0 Å². The number of rotatable bonds is 1. The number of esters is 1. The van der Waals surface area contributed by atoms with Gasteiger partial charge in [0.05, 0.1) is 12.8 Å². The smallest absolute Gasteiger partial charge is 0.356 e. The van der Waals surface area contributed by atoms with Crippen molar-refractivity contribution in [3.63, 3.8) is 0 Å². The molecule has 2 atom stereocenters. The predicted molar refractivity (Wildman–Crippen MR) is 81.7 cm³/mol. The number of methoxy groups -OCH3 is 1. The Morgan fingerprint density at radius 2 is 2.00 bits per heavy atom. The van der Waals surface area contributed by atoms with Crippen LogP contribution in [0.15, 0.2) is 0 Å². The van der Waals surface area contributed by atoms with Crippen LogP contribution in [0.5, 0.6) is 0 Å². The molecule has 0 radical (unpaired) electrons. The molecule has 1 heterocycles. The second-order valence-electron chi connectivity index (χ2n) is 7.44. The van der Waals surface area contributed by atoms with Crippen LogP contribution in [-0.2, 0) is 28.4 Å². The third-order valence-corrected chi connectivity index (χ3v) is 5.98. The van der Waals surface area contributed by atoms with Gasteiger partial charge in [0.1, 0.15) is 11.5 Å². The van der Waals surface area contributed by atoms with Crippen molar-refractivity contribution in [2.45, 2.75) is 51.9 Å². The molecule has 0 saturated heterocycles. The summed E-state index contributed by atoms with van der Waals surface area (Å²) in [7, 11) is 3.19. The van der Waals surface area contributed by atoms with E-state index in [1.165, 1.54) is 7.11 Å². The lowest BCUT2D eigenvalue weighted by Gasteiger charge is -2.51. The van der Waals surface area contributed by atoms with Gasteiger partial charge in [-0.25, -0.2) is 4.79 Å². The number of aromatic nitrogens is 2. The highest BCUT2D eigenvalue weighted by Crippen LogP contribution is 2.55. The van der Waals surface area contributed by atoms with Crippen LogP contribution in [0.2, 0.25) is 0 Å². The molecule has 1 saturated carbocycles. The minimum Gasteiger partial charge on any atom is -0.464 e. The van der Waals surface area contributed by atoms with Crippen LogP contribution < -0.4 is 0 Å². The maximum absolute atomic E-state index is 12.4. The van der Waals surface area contributed by atoms with Crippen LogP contribution in [0.4, 0.5) is 0 Å². The lowest BCUT2D eigenvalue weighted by molar-refractivity contribution is -0.137. The summed E-state index contributed by atoms with van der Waals surface area (Å²) in [5.74, 6) is 0.293. The number of hydrogen-bond donors (Lipinski definition) is 0. The van der Waals surface area contributed by atoms with Crippen LogP contribution in [0.25, 0.3) is 0 Å². The molecule has 0 bridgehead atoms. The van der Waals surface area contributed by atoms with Gasteiger partial charge in [0, 0.05) is 29.9 Å². The Bertz CT molecular complexity index is 659. The monoisotopic (exact) mass is 304 g/mol. The fraction of sp³-hybridized carbons (Fsp3) is 0.706. The van der Waals surface area contributed by atoms with Crippen molar-refractivity contribution in [1.29, 1.82) is 0 Å². The Kier molecular flexibility index (Phi) is 3.24. The first-order chi connectivity index (χ1) is 10.2. The number of hydrogen-bond acceptors (Lipinski definition) is 4. The summed E-state index contributed by atoms with van der Waals surface area (Å²) in [4.78, 5) is 24.4. The quantitative estimate of drug-likeness (QED) is 0.748. The molecule has 1 fully saturated rings. The van der Waals surface area contributed by atoms with Gasteiger partial charge in [0.25, 0.3) is 0 Å². The van der Waals surface area contributed by atoms with Crippen molar-refractivity contribution in [1.82, 2.24) is 9.78 Å². The number of nitrogens with zero attached hydrogens (tertiary/aromatic N) is 2. The average molecular weight is 304 g/mol. The highest BCUT2D eigenvalue weighted by atomic mass is 16.5. The van der Waals surface area contributed by atoms with Gasteiger partial charge < -0.3 is 4.74 Å². The summed E-state index contributed by atoms with van der Waals surface area (Å²) in [5, 5.41) is 4.67. The zero-order valence-electron chi connectivity index (χ0n) is 14.0. The van der Waals surface area contributed by atoms with Gasteiger partial charge in [0.15, 0.2) is 0 Å². The Balaban J connectivity index is 2.15. The van der Waals surface area contributed by atoms with Gasteiger partial charge in [-0.2, -0.15) is 5.10 Å². The van der Waals surface area contributed by atoms with Crippen molar-refractivity contribution in [2.75, 3.05) is 7.11 Å². The molecule has 22 heavy (non-hydrogen) atoms. The first kappa shape index (κ1) is 15.3. The fourth-order valence-corrected chi connectivity index (χ4v) is 4.73. The molecule has 3 rings (SSSR count). The molecule has 2 aliphatic rings. The Morgan fingerprint density at radius 3 is 2.64 bits per heavy atom. The summed E-state index contributed by atoms with van der Waals surface area (Å²) in [5.41, 5.74) is 2.10. The molecule has 0 N–H and O–H groups in total. The maximum Gasteiger partial charge on any atom is 0.356 e. The predicted octanol–water partition coefficient (Wildman–Crippen LogP) is 2.42. The van der Waals surface area contributed by atoms with Crippen molar-refractivity contribution < 1.29 is 14.3 Å². The summed E-state index contributed by atoms with van der Waals surface area (Å²) in [6, 6.07) is 0. The number of ether oxygens (including phenoxy) is 1. The second-order valence-corrected chi connectivity index (χ2v) is 7.44. The Labute approximate surface area is 131 Å². The maximum atomic E-state index is 12.4. The highest BCUT2D eigenvalue weighted by Gasteiger charge is 2.55. The highest BCUT2D eigenvalue weighted by molar-refractivity contribution is 5.90. The van der Waals surface area contributed by atoms with E-state index in [-0.39, 0.29) is 22.7 Å². The summed E-state index contributed by atoms with van der Waals surface area (Å²) >= 11 is 0. The van der Waals surface area contributed by atoms with E-state index in [0.717, 1.165) is 30.5 Å². The normalized spacial score (nSPS) is 29.7. The van der Waals surface area contributed by atoms with E-state index < -0.39 is 0 Å². The molecule has 0 amide bonds. The Hall–Kier alpha value is -1.65. The van der Waals surface area contributed by atoms with Gasteiger partial charge in [-0.15, -0.1) is 0 Å². The second kappa shape index (κ2) is 4.67. The largest absolute Gasteiger partial charge is 0.464 e. The molecular weight excluding hydrogens is 280 g/mol. The van der Waals surface area contributed by atoms with Gasteiger partial charge >= 0.3 is 5.97 Å². The number of carbonyl (C=O) groups is 2. The minimum absolute atomic E-state index is 0.144. The third-order valence-electron chi connectivity index (χ3n) is 5.98. The molecule has 2 aliphatic carbocycles. The van der Waals surface area contributed by atoms with E-state index >= 15 is 0 Å². The molecule has 1 aromatic rings. The molecule has 120 valence electrons. The molecule has 0 unspecified atom stereocenters. The number of Topliss-reactive ketones (excluding diaryl/α,β-unsaturated/α-hetero) is 1. The fourth-order valence-electron chi connectivity index (χ4n) is 4.73. The van der Waals surface area contributed by atoms with E-state index in [9.17, 15) is 9.59 Å². The van der Waals surface area contributed by atoms with E-state index in [1.807, 2.05) is 0 Å². The molecule has 1 aromatic heterocycles. The molecular formula is C17H24N2O3. The Morgan fingerprint density at radius 1 is 1.32 bits per heavy atom. The van der Waals surface area contributed by atoms with E-state index in [2.05, 4.69) is 25.9 Å². The lowest BCUT2D eigenvalue weighted by atomic mass is 9.51. The van der Waals surface area contributed by atoms with Gasteiger partial charge in [-0.3, -0.25) is 9.48 Å². The molecule has 0 aliphatic heterocycles. The standard InChI is InChI=1S/C17H24N2O3/c1-16(2)11-7-6-10-13(15(21)22-5)19(4)18-14(10)17(11,3)9-8-12(16)20/h11H,6-9H2,1-5H3/t11-,17-/m0/s1. The van der Waals surface area contributed by atoms with Crippen molar-refractivity contribution >= 4 is 11.8 Å². The topological polar surface area (TPSA) is 61.2 Å². The average Bonchev–Trinajstić information content (AvgIpc) is 2.80. The van der Waals surface area contributed by atoms with Gasteiger partial charge in [0.2, 0.25) is 0 Å². The minimum atomic E-state index is -0.329. The molecule has 0 spiro atoms. The van der Waals surface area contributed by atoms with Crippen LogP contribution in [-0.4, -0.2) is 28.6 Å². The lowest BCUT2D eigenvalue weighted by Crippen LogP contribution is -2.52. The molecule has 5 heteroatoms. The number of aryl methyl sites for hydroxylation is 1. The SMILES string of the molecule is COC(=O)c1c2c(nn1C)[C@@]1(C)CCC(=O)C(C)(C)[C@@H]1CC2. The van der Waals surface area contributed by atoms with Crippen LogP contribution >= 0.6 is 0 Å². The van der Waals surface area contributed by atoms with Crippen LogP contribution in [0, 0.1) is 11.3 Å². The van der Waals surface area contributed by atoms with Crippen molar-refractivity contribution in [2.24, 2.45) is 18.4 Å². The van der Waals surface area contributed by atoms with E-state index in [1.54, 1.807) is 11.7 Å². The van der Waals surface area contributed by atoms with Crippen LogP contribution in [0.1, 0.15) is 61.8 Å². The third kappa shape index (κ3) is 1.80. The first-order valence-electron chi connectivity index (χ1n) is 7.91. The first-order valence-corrected chi connectivity index (χ1v) is 7.91. The molecule has 0 aromatic carbocycles. The molecule has 5 nitrogen and oxygen atoms in total. The number of ketones is 1. The summed E-state index contributed by atoms with van der Waals surface area (Å²) in [6.45, 7) is 6.33. The summed E-state index contributed by atoms with van der Waals surface area (Å²) in [6.07, 6.45) is 3.09. The van der Waals surface area contributed by atoms with E-state index in [0.29, 0.717) is 17.9 Å². The van der Waals surface area contributed by atoms with E-state index in [4.69, 9.17) is 4.74 Å². The van der Waals surface area contributed by atoms with Gasteiger partial charge in [-0.05, 0) is 25.2 Å².